The molecule has 0 bridgehead atoms. The summed E-state index contributed by atoms with van der Waals surface area (Å²) in [6, 6.07) is 5.46. The average molecular weight is 366 g/mol. The van der Waals surface area contributed by atoms with E-state index in [1.165, 1.54) is 30.6 Å². The summed E-state index contributed by atoms with van der Waals surface area (Å²) in [6.45, 7) is 5.08. The van der Waals surface area contributed by atoms with Crippen molar-refractivity contribution in [2.75, 3.05) is 22.1 Å². The Morgan fingerprint density at radius 1 is 1.33 bits per heavy atom. The van der Waals surface area contributed by atoms with E-state index in [9.17, 15) is 4.79 Å². The van der Waals surface area contributed by atoms with Crippen molar-refractivity contribution < 1.29 is 4.79 Å². The van der Waals surface area contributed by atoms with Gasteiger partial charge in [0.15, 0.2) is 0 Å². The molecule has 2 aromatic rings. The Hall–Kier alpha value is -1.86. The van der Waals surface area contributed by atoms with Gasteiger partial charge < -0.3 is 10.2 Å². The van der Waals surface area contributed by atoms with Crippen molar-refractivity contribution in [3.8, 4) is 0 Å². The molecule has 0 saturated carbocycles. The number of carbonyl (C=O) groups is 1. The number of nitrogens with zero attached hydrogens (tertiary/aromatic N) is 3. The Morgan fingerprint density at radius 2 is 2.17 bits per heavy atom. The molecule has 2 N–H and O–H groups in total. The highest BCUT2D eigenvalue weighted by Gasteiger charge is 2.22. The lowest BCUT2D eigenvalue weighted by atomic mass is 10.1. The number of hydrogen-bond acceptors (Lipinski definition) is 5. The minimum atomic E-state index is -0.342. The van der Waals surface area contributed by atoms with Gasteiger partial charge in [-0.1, -0.05) is 22.9 Å². The lowest BCUT2D eigenvalue weighted by molar-refractivity contribution is 0.262. The van der Waals surface area contributed by atoms with Crippen LogP contribution in [0.4, 0.5) is 20.7 Å². The molecule has 24 heavy (non-hydrogen) atoms. The standard InChI is InChI=1S/C16H20ClN5OS/c1-10-9-12(6-7-13(10)17)18-14(23)19-15-20-21-16(24-15)22-8-4-3-5-11(22)2/h6-7,9,11H,3-5,8H2,1-2H3,(H2,18,19,20,23). The Labute approximate surface area is 150 Å². The molecule has 1 saturated heterocycles. The molecule has 1 aliphatic rings. The van der Waals surface area contributed by atoms with Crippen molar-refractivity contribution in [3.63, 3.8) is 0 Å². The Bertz CT molecular complexity index is 735. The molecule has 6 nitrogen and oxygen atoms in total. The fourth-order valence-electron chi connectivity index (χ4n) is 2.75. The molecule has 2 heterocycles. The highest BCUT2D eigenvalue weighted by atomic mass is 35.5. The van der Waals surface area contributed by atoms with E-state index in [1.807, 2.05) is 13.0 Å². The number of hydrogen-bond donors (Lipinski definition) is 2. The summed E-state index contributed by atoms with van der Waals surface area (Å²) in [5.41, 5.74) is 1.59. The third-order valence-corrected chi connectivity index (χ3v) is 5.40. The number of anilines is 3. The highest BCUT2D eigenvalue weighted by molar-refractivity contribution is 7.19. The first kappa shape index (κ1) is 17.0. The van der Waals surface area contributed by atoms with Gasteiger partial charge in [-0.15, -0.1) is 10.2 Å². The Kier molecular flexibility index (Phi) is 5.20. The third-order valence-electron chi connectivity index (χ3n) is 4.10. The first-order valence-electron chi connectivity index (χ1n) is 7.97. The average Bonchev–Trinajstić information content (AvgIpc) is 2.99. The van der Waals surface area contributed by atoms with Gasteiger partial charge in [-0.3, -0.25) is 5.32 Å². The van der Waals surface area contributed by atoms with Crippen LogP contribution in [-0.4, -0.2) is 28.8 Å². The van der Waals surface area contributed by atoms with Gasteiger partial charge in [0.1, 0.15) is 0 Å². The smallest absolute Gasteiger partial charge is 0.325 e. The summed E-state index contributed by atoms with van der Waals surface area (Å²) in [5.74, 6) is 0. The van der Waals surface area contributed by atoms with Gasteiger partial charge in [0, 0.05) is 23.3 Å². The number of halogens is 1. The number of benzene rings is 1. The predicted molar refractivity (Wildman–Crippen MR) is 99.4 cm³/mol. The maximum Gasteiger partial charge on any atom is 0.325 e. The third kappa shape index (κ3) is 3.96. The number of amides is 2. The summed E-state index contributed by atoms with van der Waals surface area (Å²) in [5, 5.41) is 15.8. The number of rotatable bonds is 3. The molecule has 8 heteroatoms. The van der Waals surface area contributed by atoms with Crippen molar-refractivity contribution in [2.45, 2.75) is 39.2 Å². The number of aromatic nitrogens is 2. The maximum absolute atomic E-state index is 12.1. The molecule has 0 radical (unpaired) electrons. The van der Waals surface area contributed by atoms with Crippen LogP contribution in [0.1, 0.15) is 31.7 Å². The van der Waals surface area contributed by atoms with Gasteiger partial charge in [-0.2, -0.15) is 0 Å². The minimum absolute atomic E-state index is 0.342. The van der Waals surface area contributed by atoms with Crippen LogP contribution in [0, 0.1) is 6.92 Å². The fraction of sp³-hybridized carbons (Fsp3) is 0.438. The second kappa shape index (κ2) is 7.36. The van der Waals surface area contributed by atoms with Crippen LogP contribution in [0.3, 0.4) is 0 Å². The van der Waals surface area contributed by atoms with Crippen molar-refractivity contribution in [3.05, 3.63) is 28.8 Å². The normalized spacial score (nSPS) is 17.6. The molecule has 1 aromatic heterocycles. The van der Waals surface area contributed by atoms with Crippen LogP contribution in [-0.2, 0) is 0 Å². The van der Waals surface area contributed by atoms with Gasteiger partial charge in [0.05, 0.1) is 0 Å². The lowest BCUT2D eigenvalue weighted by Crippen LogP contribution is -2.37. The minimum Gasteiger partial charge on any atom is -0.344 e. The van der Waals surface area contributed by atoms with Crippen molar-refractivity contribution in [1.29, 1.82) is 0 Å². The van der Waals surface area contributed by atoms with Crippen LogP contribution >= 0.6 is 22.9 Å². The monoisotopic (exact) mass is 365 g/mol. The van der Waals surface area contributed by atoms with E-state index < -0.39 is 0 Å². The van der Waals surface area contributed by atoms with Gasteiger partial charge >= 0.3 is 6.03 Å². The van der Waals surface area contributed by atoms with E-state index in [0.717, 1.165) is 17.2 Å². The number of carbonyl (C=O) groups excluding carboxylic acids is 1. The van der Waals surface area contributed by atoms with Crippen molar-refractivity contribution in [2.24, 2.45) is 0 Å². The fourth-order valence-corrected chi connectivity index (χ4v) is 3.73. The number of aryl methyl sites for hydroxylation is 1. The molecular formula is C16H20ClN5OS. The molecule has 1 unspecified atom stereocenters. The van der Waals surface area contributed by atoms with E-state index >= 15 is 0 Å². The Morgan fingerprint density at radius 3 is 2.92 bits per heavy atom. The number of urea groups is 1. The summed E-state index contributed by atoms with van der Waals surface area (Å²) in [7, 11) is 0. The topological polar surface area (TPSA) is 70.1 Å². The van der Waals surface area contributed by atoms with Gasteiger partial charge in [0.25, 0.3) is 0 Å². The lowest BCUT2D eigenvalue weighted by Gasteiger charge is -2.32. The van der Waals surface area contributed by atoms with Crippen molar-refractivity contribution in [1.82, 2.24) is 10.2 Å². The molecule has 1 fully saturated rings. The van der Waals surface area contributed by atoms with Crippen LogP contribution < -0.4 is 15.5 Å². The largest absolute Gasteiger partial charge is 0.344 e. The quantitative estimate of drug-likeness (QED) is 0.838. The van der Waals surface area contributed by atoms with E-state index in [-0.39, 0.29) is 6.03 Å². The molecule has 1 atom stereocenters. The molecule has 2 amide bonds. The van der Waals surface area contributed by atoms with E-state index in [2.05, 4.69) is 32.7 Å². The molecule has 1 aromatic carbocycles. The molecule has 0 aliphatic carbocycles. The molecule has 3 rings (SSSR count). The second-order valence-corrected chi connectivity index (χ2v) is 7.33. The summed E-state index contributed by atoms with van der Waals surface area (Å²) >= 11 is 7.38. The Balaban J connectivity index is 1.61. The SMILES string of the molecule is Cc1cc(NC(=O)Nc2nnc(N3CCCCC3C)s2)ccc1Cl. The van der Waals surface area contributed by atoms with Gasteiger partial charge in [-0.05, 0) is 56.9 Å². The molecule has 128 valence electrons. The van der Waals surface area contributed by atoms with E-state index in [4.69, 9.17) is 11.6 Å². The number of nitrogens with one attached hydrogen (secondary N) is 2. The van der Waals surface area contributed by atoms with Crippen LogP contribution in [0.15, 0.2) is 18.2 Å². The zero-order valence-electron chi connectivity index (χ0n) is 13.7. The highest BCUT2D eigenvalue weighted by Crippen LogP contribution is 2.29. The van der Waals surface area contributed by atoms with E-state index in [1.54, 1.807) is 12.1 Å². The van der Waals surface area contributed by atoms with Crippen LogP contribution in [0.25, 0.3) is 0 Å². The van der Waals surface area contributed by atoms with E-state index in [0.29, 0.717) is 21.9 Å². The summed E-state index contributed by atoms with van der Waals surface area (Å²) in [4.78, 5) is 14.4. The summed E-state index contributed by atoms with van der Waals surface area (Å²) in [6.07, 6.45) is 3.59. The molecule has 0 spiro atoms. The summed E-state index contributed by atoms with van der Waals surface area (Å²) < 4.78 is 0. The number of piperidine rings is 1. The first-order valence-corrected chi connectivity index (χ1v) is 9.16. The van der Waals surface area contributed by atoms with Crippen LogP contribution in [0.5, 0.6) is 0 Å². The molecule has 1 aliphatic heterocycles. The predicted octanol–water partition coefficient (Wildman–Crippen LogP) is 4.52. The van der Waals surface area contributed by atoms with Crippen LogP contribution in [0.2, 0.25) is 5.02 Å². The van der Waals surface area contributed by atoms with Crippen molar-refractivity contribution >= 4 is 44.9 Å². The maximum atomic E-state index is 12.1. The van der Waals surface area contributed by atoms with Gasteiger partial charge in [-0.25, -0.2) is 4.79 Å². The zero-order chi connectivity index (χ0) is 17.1. The zero-order valence-corrected chi connectivity index (χ0v) is 15.2. The van der Waals surface area contributed by atoms with Gasteiger partial charge in [0.2, 0.25) is 10.3 Å². The first-order chi connectivity index (χ1) is 11.5. The second-order valence-electron chi connectivity index (χ2n) is 5.97. The molecular weight excluding hydrogens is 346 g/mol.